The Morgan fingerprint density at radius 1 is 1.50 bits per heavy atom. The van der Waals surface area contributed by atoms with Gasteiger partial charge in [0.15, 0.2) is 0 Å². The summed E-state index contributed by atoms with van der Waals surface area (Å²) in [6.07, 6.45) is 0.790. The van der Waals surface area contributed by atoms with Crippen molar-refractivity contribution >= 4 is 23.2 Å². The quantitative estimate of drug-likeness (QED) is 0.491. The smallest absolute Gasteiger partial charge is 0.282 e. The Kier molecular flexibility index (Phi) is 5.58. The highest BCUT2D eigenvalue weighted by Gasteiger charge is 2.19. The molecule has 0 saturated carbocycles. The molecule has 1 N–H and O–H groups in total. The molecule has 0 bridgehead atoms. The van der Waals surface area contributed by atoms with E-state index >= 15 is 0 Å². The zero-order chi connectivity index (χ0) is 13.5. The fourth-order valence-corrected chi connectivity index (χ4v) is 1.85. The zero-order valence-electron chi connectivity index (χ0n) is 10.1. The summed E-state index contributed by atoms with van der Waals surface area (Å²) in [6.45, 7) is 2.42. The molecule has 0 heterocycles. The minimum atomic E-state index is -0.558. The standard InChI is InChI=1S/C12H15ClN2O3/c1-9(6-7-13)8-14-12(16)10-4-2-3-5-11(10)15(17)18/h2-5,9H,6-8H2,1H3,(H,14,16). The third-order valence-electron chi connectivity index (χ3n) is 2.56. The van der Waals surface area contributed by atoms with Crippen LogP contribution in [0.4, 0.5) is 5.69 Å². The minimum Gasteiger partial charge on any atom is -0.352 e. The fourth-order valence-electron chi connectivity index (χ4n) is 1.48. The molecule has 1 atom stereocenters. The first-order valence-electron chi connectivity index (χ1n) is 5.63. The number of carbonyl (C=O) groups excluding carboxylic acids is 1. The van der Waals surface area contributed by atoms with E-state index in [-0.39, 0.29) is 17.2 Å². The number of para-hydroxylation sites is 1. The lowest BCUT2D eigenvalue weighted by atomic mass is 10.1. The number of benzene rings is 1. The molecule has 0 spiro atoms. The minimum absolute atomic E-state index is 0.0839. The van der Waals surface area contributed by atoms with E-state index in [1.165, 1.54) is 18.2 Å². The van der Waals surface area contributed by atoms with Crippen molar-refractivity contribution in [3.63, 3.8) is 0 Å². The average molecular weight is 271 g/mol. The summed E-state index contributed by atoms with van der Waals surface area (Å²) in [5, 5.41) is 13.5. The van der Waals surface area contributed by atoms with Crippen LogP contribution in [0.25, 0.3) is 0 Å². The van der Waals surface area contributed by atoms with Crippen molar-refractivity contribution in [3.05, 3.63) is 39.9 Å². The molecule has 1 aromatic rings. The fraction of sp³-hybridized carbons (Fsp3) is 0.417. The third-order valence-corrected chi connectivity index (χ3v) is 2.78. The highest BCUT2D eigenvalue weighted by molar-refractivity contribution is 6.17. The van der Waals surface area contributed by atoms with Gasteiger partial charge in [-0.2, -0.15) is 0 Å². The molecular weight excluding hydrogens is 256 g/mol. The molecule has 0 radical (unpaired) electrons. The van der Waals surface area contributed by atoms with Crippen LogP contribution in [0.5, 0.6) is 0 Å². The molecule has 0 aliphatic rings. The van der Waals surface area contributed by atoms with Gasteiger partial charge in [0, 0.05) is 18.5 Å². The van der Waals surface area contributed by atoms with E-state index < -0.39 is 10.8 Å². The van der Waals surface area contributed by atoms with Crippen LogP contribution in [0.2, 0.25) is 0 Å². The van der Waals surface area contributed by atoms with Gasteiger partial charge in [-0.15, -0.1) is 11.6 Å². The number of alkyl halides is 1. The maximum Gasteiger partial charge on any atom is 0.282 e. The summed E-state index contributed by atoms with van der Waals surface area (Å²) < 4.78 is 0. The van der Waals surface area contributed by atoms with Crippen LogP contribution < -0.4 is 5.32 Å². The molecule has 1 aromatic carbocycles. The van der Waals surface area contributed by atoms with E-state index in [9.17, 15) is 14.9 Å². The first kappa shape index (κ1) is 14.4. The number of nitro groups is 1. The van der Waals surface area contributed by atoms with Gasteiger partial charge in [0.05, 0.1) is 4.92 Å². The maximum atomic E-state index is 11.8. The molecule has 18 heavy (non-hydrogen) atoms. The monoisotopic (exact) mass is 270 g/mol. The Balaban J connectivity index is 2.70. The summed E-state index contributed by atoms with van der Waals surface area (Å²) in [5.74, 6) is 0.348. The van der Waals surface area contributed by atoms with Crippen LogP contribution in [0.3, 0.4) is 0 Å². The van der Waals surface area contributed by atoms with Crippen molar-refractivity contribution < 1.29 is 9.72 Å². The summed E-state index contributed by atoms with van der Waals surface area (Å²) >= 11 is 5.59. The van der Waals surface area contributed by atoms with Crippen LogP contribution in [-0.2, 0) is 0 Å². The van der Waals surface area contributed by atoms with Crippen molar-refractivity contribution in [1.29, 1.82) is 0 Å². The summed E-state index contributed by atoms with van der Waals surface area (Å²) in [6, 6.07) is 5.89. The van der Waals surface area contributed by atoms with Gasteiger partial charge in [0.2, 0.25) is 0 Å². The van der Waals surface area contributed by atoms with E-state index in [4.69, 9.17) is 11.6 Å². The second-order valence-corrected chi connectivity index (χ2v) is 4.45. The molecule has 0 saturated heterocycles. The van der Waals surface area contributed by atoms with Gasteiger partial charge >= 0.3 is 0 Å². The number of nitro benzene ring substituents is 1. The maximum absolute atomic E-state index is 11.8. The van der Waals surface area contributed by atoms with Crippen LogP contribution in [0.15, 0.2) is 24.3 Å². The lowest BCUT2D eigenvalue weighted by Gasteiger charge is -2.11. The van der Waals surface area contributed by atoms with Crippen molar-refractivity contribution in [3.8, 4) is 0 Å². The Morgan fingerprint density at radius 3 is 2.78 bits per heavy atom. The number of amides is 1. The van der Waals surface area contributed by atoms with E-state index in [0.29, 0.717) is 12.4 Å². The number of nitrogens with one attached hydrogen (secondary N) is 1. The topological polar surface area (TPSA) is 72.2 Å². The third kappa shape index (κ3) is 4.00. The summed E-state index contributed by atoms with van der Waals surface area (Å²) in [7, 11) is 0. The van der Waals surface area contributed by atoms with E-state index in [2.05, 4.69) is 5.32 Å². The van der Waals surface area contributed by atoms with Crippen molar-refractivity contribution in [2.24, 2.45) is 5.92 Å². The predicted octanol–water partition coefficient (Wildman–Crippen LogP) is 2.59. The van der Waals surface area contributed by atoms with E-state index in [0.717, 1.165) is 6.42 Å². The van der Waals surface area contributed by atoms with Gasteiger partial charge in [0.1, 0.15) is 5.56 Å². The zero-order valence-corrected chi connectivity index (χ0v) is 10.8. The van der Waals surface area contributed by atoms with Gasteiger partial charge in [-0.25, -0.2) is 0 Å². The van der Waals surface area contributed by atoms with Gasteiger partial charge in [-0.05, 0) is 18.4 Å². The van der Waals surface area contributed by atoms with Crippen molar-refractivity contribution in [2.45, 2.75) is 13.3 Å². The molecular formula is C12H15ClN2O3. The lowest BCUT2D eigenvalue weighted by Crippen LogP contribution is -2.29. The highest BCUT2D eigenvalue weighted by atomic mass is 35.5. The normalized spacial score (nSPS) is 11.9. The molecule has 6 heteroatoms. The largest absolute Gasteiger partial charge is 0.352 e. The number of hydrogen-bond donors (Lipinski definition) is 1. The number of hydrogen-bond acceptors (Lipinski definition) is 3. The number of nitrogens with zero attached hydrogens (tertiary/aromatic N) is 1. The number of halogens is 1. The Bertz CT molecular complexity index is 437. The molecule has 0 aliphatic carbocycles. The van der Waals surface area contributed by atoms with Gasteiger partial charge in [0.25, 0.3) is 11.6 Å². The Hall–Kier alpha value is -1.62. The highest BCUT2D eigenvalue weighted by Crippen LogP contribution is 2.17. The van der Waals surface area contributed by atoms with Crippen molar-refractivity contribution in [1.82, 2.24) is 5.32 Å². The predicted molar refractivity (Wildman–Crippen MR) is 69.9 cm³/mol. The number of carbonyl (C=O) groups is 1. The van der Waals surface area contributed by atoms with Crippen LogP contribution >= 0.6 is 11.6 Å². The second kappa shape index (κ2) is 6.96. The lowest BCUT2D eigenvalue weighted by molar-refractivity contribution is -0.385. The van der Waals surface area contributed by atoms with E-state index in [1.807, 2.05) is 6.92 Å². The Labute approximate surface area is 110 Å². The van der Waals surface area contributed by atoms with Crippen LogP contribution in [0, 0.1) is 16.0 Å². The molecule has 1 rings (SSSR count). The molecule has 0 aromatic heterocycles. The molecule has 5 nitrogen and oxygen atoms in total. The Morgan fingerprint density at radius 2 is 2.17 bits per heavy atom. The van der Waals surface area contributed by atoms with Gasteiger partial charge in [-0.1, -0.05) is 19.1 Å². The molecule has 1 amide bonds. The average Bonchev–Trinajstić information content (AvgIpc) is 2.36. The first-order valence-corrected chi connectivity index (χ1v) is 6.17. The van der Waals surface area contributed by atoms with Gasteiger partial charge < -0.3 is 5.32 Å². The molecule has 98 valence electrons. The number of rotatable bonds is 6. The molecule has 0 aliphatic heterocycles. The van der Waals surface area contributed by atoms with E-state index in [1.54, 1.807) is 6.07 Å². The SMILES string of the molecule is CC(CCCl)CNC(=O)c1ccccc1[N+](=O)[O-]. The second-order valence-electron chi connectivity index (χ2n) is 4.07. The molecule has 1 unspecified atom stereocenters. The van der Waals surface area contributed by atoms with Crippen molar-refractivity contribution in [2.75, 3.05) is 12.4 Å². The van der Waals surface area contributed by atoms with Crippen LogP contribution in [-0.4, -0.2) is 23.3 Å². The molecule has 0 fully saturated rings. The summed E-state index contributed by atoms with van der Waals surface area (Å²) in [5.41, 5.74) is -0.0967. The van der Waals surface area contributed by atoms with Crippen LogP contribution in [0.1, 0.15) is 23.7 Å². The first-order chi connectivity index (χ1) is 8.56. The summed E-state index contributed by atoms with van der Waals surface area (Å²) in [4.78, 5) is 22.0. The van der Waals surface area contributed by atoms with Gasteiger partial charge in [-0.3, -0.25) is 14.9 Å².